The van der Waals surface area contributed by atoms with E-state index in [-0.39, 0.29) is 78.1 Å². The van der Waals surface area contributed by atoms with E-state index in [2.05, 4.69) is 20.5 Å². The van der Waals surface area contributed by atoms with Crippen LogP contribution in [0.15, 0.2) is 18.3 Å². The summed E-state index contributed by atoms with van der Waals surface area (Å²) in [6, 6.07) is 2.55. The van der Waals surface area contributed by atoms with E-state index in [0.717, 1.165) is 19.0 Å². The van der Waals surface area contributed by atoms with Crippen LogP contribution in [-0.4, -0.2) is 87.8 Å². The van der Waals surface area contributed by atoms with Crippen molar-refractivity contribution in [3.63, 3.8) is 0 Å². The number of aromatic nitrogens is 3. The number of aromatic amines is 1. The lowest BCUT2D eigenvalue weighted by Gasteiger charge is -2.38. The number of carbonyl (C=O) groups is 2. The quantitative estimate of drug-likeness (QED) is 0.499. The fourth-order valence-corrected chi connectivity index (χ4v) is 6.68. The summed E-state index contributed by atoms with van der Waals surface area (Å²) in [6.07, 6.45) is 0.476. The van der Waals surface area contributed by atoms with Crippen LogP contribution >= 0.6 is 0 Å². The molecule has 3 atom stereocenters. The van der Waals surface area contributed by atoms with Gasteiger partial charge in [0, 0.05) is 55.3 Å². The van der Waals surface area contributed by atoms with E-state index >= 15 is 0 Å². The molecule has 2 aromatic rings. The van der Waals surface area contributed by atoms with Crippen molar-refractivity contribution in [2.45, 2.75) is 69.2 Å². The van der Waals surface area contributed by atoms with Crippen molar-refractivity contribution >= 4 is 11.8 Å². The van der Waals surface area contributed by atoms with Gasteiger partial charge in [-0.15, -0.1) is 0 Å². The Hall–Kier alpha value is -3.22. The summed E-state index contributed by atoms with van der Waals surface area (Å²) in [6.45, 7) is 0.980. The van der Waals surface area contributed by atoms with Crippen LogP contribution in [0.5, 0.6) is 5.88 Å². The monoisotopic (exact) mass is 564 g/mol. The highest BCUT2D eigenvalue weighted by Crippen LogP contribution is 2.58. The fourth-order valence-electron chi connectivity index (χ4n) is 6.68. The molecule has 0 aromatic carbocycles. The van der Waals surface area contributed by atoms with Gasteiger partial charge in [-0.1, -0.05) is 0 Å². The maximum Gasteiger partial charge on any atom is 0.395 e. The van der Waals surface area contributed by atoms with Crippen LogP contribution in [0.2, 0.25) is 0 Å². The number of nitrogens with zero attached hydrogens (tertiary/aromatic N) is 4. The van der Waals surface area contributed by atoms with Crippen LogP contribution in [0.1, 0.15) is 55.4 Å². The van der Waals surface area contributed by atoms with E-state index in [0.29, 0.717) is 32.4 Å². The Bertz CT molecular complexity index is 1280. The average molecular weight is 565 g/mol. The number of carbonyl (C=O) groups excluding carboxylic acids is 2. The molecule has 4 fully saturated rings. The molecule has 0 radical (unpaired) electrons. The molecule has 13 heteroatoms. The van der Waals surface area contributed by atoms with Crippen LogP contribution in [0.4, 0.5) is 17.6 Å². The van der Waals surface area contributed by atoms with Crippen molar-refractivity contribution in [1.82, 2.24) is 30.3 Å². The van der Waals surface area contributed by atoms with Crippen LogP contribution in [-0.2, 0) is 4.79 Å². The second kappa shape index (κ2) is 10.0. The van der Waals surface area contributed by atoms with Gasteiger partial charge >= 0.3 is 6.18 Å². The number of rotatable bonds is 7. The standard InChI is InChI=1S/C27H32F4N6O3/c1-40-23-10-19(20(28)12-32-23)21-11-22(35-34-21)25(39)37-17-2-3-18(37)9-15(8-17)24(38)33-16-4-7-36(13-16)14-26(5-6-26)27(29,30)31/h10-12,15-18H,2-9,13-14H2,1H3,(H,33,38)(H,34,35)/t15?,16-,17?,18?/m1/s1. The molecule has 9 nitrogen and oxygen atoms in total. The summed E-state index contributed by atoms with van der Waals surface area (Å²) in [4.78, 5) is 34.0. The third-order valence-corrected chi connectivity index (χ3v) is 9.06. The number of H-pyrrole nitrogens is 1. The summed E-state index contributed by atoms with van der Waals surface area (Å²) in [5.74, 6) is -0.938. The van der Waals surface area contributed by atoms with Gasteiger partial charge < -0.3 is 19.9 Å². The number of piperidine rings is 1. The van der Waals surface area contributed by atoms with Gasteiger partial charge in [-0.05, 0) is 51.0 Å². The molecule has 2 aromatic heterocycles. The molecular weight excluding hydrogens is 532 g/mol. The molecule has 4 aliphatic rings. The van der Waals surface area contributed by atoms with E-state index in [1.807, 2.05) is 9.80 Å². The zero-order chi connectivity index (χ0) is 28.2. The number of nitrogens with one attached hydrogen (secondary N) is 2. The highest BCUT2D eigenvalue weighted by molar-refractivity contribution is 5.94. The lowest BCUT2D eigenvalue weighted by atomic mass is 9.89. The first-order valence-corrected chi connectivity index (χ1v) is 13.7. The summed E-state index contributed by atoms with van der Waals surface area (Å²) in [7, 11) is 1.42. The van der Waals surface area contributed by atoms with E-state index in [9.17, 15) is 27.2 Å². The predicted molar refractivity (Wildman–Crippen MR) is 135 cm³/mol. The van der Waals surface area contributed by atoms with E-state index in [1.165, 1.54) is 19.2 Å². The Morgan fingerprint density at radius 1 is 1.18 bits per heavy atom. The molecule has 40 heavy (non-hydrogen) atoms. The minimum absolute atomic E-state index is 0.00415. The number of amides is 2. The number of fused-ring (bicyclic) bond motifs is 2. The average Bonchev–Trinajstić information content (AvgIpc) is 3.22. The van der Waals surface area contributed by atoms with Gasteiger partial charge in [0.15, 0.2) is 5.82 Å². The summed E-state index contributed by atoms with van der Waals surface area (Å²) >= 11 is 0. The molecule has 2 N–H and O–H groups in total. The number of hydrogen-bond acceptors (Lipinski definition) is 6. The highest BCUT2D eigenvalue weighted by Gasteiger charge is 2.63. The van der Waals surface area contributed by atoms with Gasteiger partial charge in [-0.2, -0.15) is 18.3 Å². The molecule has 1 aliphatic carbocycles. The van der Waals surface area contributed by atoms with Crippen molar-refractivity contribution in [3.05, 3.63) is 29.8 Å². The van der Waals surface area contributed by atoms with Crippen molar-refractivity contribution in [1.29, 1.82) is 0 Å². The maximum atomic E-state index is 14.3. The Morgan fingerprint density at radius 2 is 1.90 bits per heavy atom. The number of halogens is 4. The van der Waals surface area contributed by atoms with Gasteiger partial charge in [0.2, 0.25) is 11.8 Å². The Morgan fingerprint density at radius 3 is 2.55 bits per heavy atom. The zero-order valence-electron chi connectivity index (χ0n) is 22.1. The molecule has 3 aliphatic heterocycles. The number of ether oxygens (including phenoxy) is 1. The Labute approximate surface area is 228 Å². The summed E-state index contributed by atoms with van der Waals surface area (Å²) in [5, 5.41) is 9.93. The van der Waals surface area contributed by atoms with E-state index < -0.39 is 17.4 Å². The second-order valence-electron chi connectivity index (χ2n) is 11.6. The van der Waals surface area contributed by atoms with E-state index in [1.54, 1.807) is 0 Å². The smallest absolute Gasteiger partial charge is 0.395 e. The van der Waals surface area contributed by atoms with E-state index in [4.69, 9.17) is 4.74 Å². The van der Waals surface area contributed by atoms with Crippen LogP contribution in [0, 0.1) is 17.2 Å². The first-order valence-electron chi connectivity index (χ1n) is 13.7. The fraction of sp³-hybridized carbons (Fsp3) is 0.630. The van der Waals surface area contributed by atoms with Crippen molar-refractivity contribution < 1.29 is 31.9 Å². The summed E-state index contributed by atoms with van der Waals surface area (Å²) in [5.41, 5.74) is -0.907. The molecule has 1 saturated carbocycles. The first-order chi connectivity index (χ1) is 19.1. The predicted octanol–water partition coefficient (Wildman–Crippen LogP) is 3.54. The Balaban J connectivity index is 1.05. The van der Waals surface area contributed by atoms with Crippen molar-refractivity contribution in [2.24, 2.45) is 11.3 Å². The second-order valence-corrected chi connectivity index (χ2v) is 11.6. The largest absolute Gasteiger partial charge is 0.481 e. The number of alkyl halides is 3. The molecule has 5 heterocycles. The third kappa shape index (κ3) is 4.92. The van der Waals surface area contributed by atoms with Crippen LogP contribution in [0.3, 0.4) is 0 Å². The molecular formula is C27H32F4N6O3. The lowest BCUT2D eigenvalue weighted by Crippen LogP contribution is -2.51. The maximum absolute atomic E-state index is 14.3. The topological polar surface area (TPSA) is 103 Å². The van der Waals surface area contributed by atoms with Crippen molar-refractivity contribution in [2.75, 3.05) is 26.7 Å². The molecule has 2 amide bonds. The number of pyridine rings is 1. The molecule has 6 rings (SSSR count). The van der Waals surface area contributed by atoms with Crippen LogP contribution < -0.4 is 10.1 Å². The van der Waals surface area contributed by atoms with Gasteiger partial charge in [0.05, 0.1) is 24.4 Å². The highest BCUT2D eigenvalue weighted by atomic mass is 19.4. The minimum atomic E-state index is -4.18. The van der Waals surface area contributed by atoms with Crippen LogP contribution in [0.25, 0.3) is 11.3 Å². The first kappa shape index (κ1) is 27.0. The SMILES string of the molecule is COc1cc(-c2cc(C(=O)N3C4CCC3CC(C(=O)N[C@@H]3CCN(CC5(C(F)(F)F)CC5)C3)C4)[nH]n2)c(F)cn1. The van der Waals surface area contributed by atoms with Gasteiger partial charge in [0.25, 0.3) is 5.91 Å². The molecule has 2 bridgehead atoms. The Kier molecular flexibility index (Phi) is 6.75. The van der Waals surface area contributed by atoms with Gasteiger partial charge in [-0.3, -0.25) is 14.7 Å². The molecule has 2 unspecified atom stereocenters. The van der Waals surface area contributed by atoms with Gasteiger partial charge in [0.1, 0.15) is 5.69 Å². The van der Waals surface area contributed by atoms with Gasteiger partial charge in [-0.25, -0.2) is 9.37 Å². The third-order valence-electron chi connectivity index (χ3n) is 9.06. The lowest BCUT2D eigenvalue weighted by molar-refractivity contribution is -0.191. The minimum Gasteiger partial charge on any atom is -0.481 e. The number of hydrogen-bond donors (Lipinski definition) is 2. The molecule has 3 saturated heterocycles. The zero-order valence-corrected chi connectivity index (χ0v) is 22.1. The number of methoxy groups -OCH3 is 1. The molecule has 216 valence electrons. The molecule has 0 spiro atoms. The number of likely N-dealkylation sites (tertiary alicyclic amines) is 1. The van der Waals surface area contributed by atoms with Crippen molar-refractivity contribution in [3.8, 4) is 17.1 Å². The normalized spacial score (nSPS) is 27.6. The summed E-state index contributed by atoms with van der Waals surface area (Å²) < 4.78 is 59.4.